The maximum absolute atomic E-state index is 11.4. The van der Waals surface area contributed by atoms with Crippen LogP contribution in [0.25, 0.3) is 0 Å². The van der Waals surface area contributed by atoms with Gasteiger partial charge in [-0.2, -0.15) is 0 Å². The van der Waals surface area contributed by atoms with Crippen molar-refractivity contribution in [2.45, 2.75) is 38.6 Å². The van der Waals surface area contributed by atoms with E-state index in [1.807, 2.05) is 0 Å². The molecule has 0 aromatic carbocycles. The number of piperidine rings is 2. The van der Waals surface area contributed by atoms with Gasteiger partial charge in [-0.1, -0.05) is 6.92 Å². The van der Waals surface area contributed by atoms with E-state index in [2.05, 4.69) is 11.8 Å². The van der Waals surface area contributed by atoms with Crippen molar-refractivity contribution in [1.29, 1.82) is 0 Å². The van der Waals surface area contributed by atoms with Gasteiger partial charge >= 0.3 is 0 Å². The van der Waals surface area contributed by atoms with Crippen molar-refractivity contribution in [3.8, 4) is 0 Å². The van der Waals surface area contributed by atoms with Gasteiger partial charge in [-0.3, -0.25) is 4.79 Å². The Bertz CT molecular complexity index is 254. The molecule has 0 bridgehead atoms. The SMILES string of the molecule is CC1CCN(C2CCN(C(=O)CO)CC2)CC1. The molecule has 2 heterocycles. The number of hydrogen-bond donors (Lipinski definition) is 1. The summed E-state index contributed by atoms with van der Waals surface area (Å²) in [6, 6.07) is 0.658. The lowest BCUT2D eigenvalue weighted by Crippen LogP contribution is -2.49. The van der Waals surface area contributed by atoms with Crippen molar-refractivity contribution in [3.63, 3.8) is 0 Å². The van der Waals surface area contributed by atoms with Gasteiger partial charge in [0.25, 0.3) is 0 Å². The Labute approximate surface area is 104 Å². The van der Waals surface area contributed by atoms with E-state index in [0.29, 0.717) is 6.04 Å². The number of carbonyl (C=O) groups excluding carboxylic acids is 1. The van der Waals surface area contributed by atoms with Crippen LogP contribution in [0.4, 0.5) is 0 Å². The van der Waals surface area contributed by atoms with Crippen molar-refractivity contribution < 1.29 is 9.90 Å². The predicted octanol–water partition coefficient (Wildman–Crippen LogP) is 0.702. The first-order chi connectivity index (χ1) is 8.20. The second-order valence-electron chi connectivity index (χ2n) is 5.49. The van der Waals surface area contributed by atoms with Gasteiger partial charge in [0.15, 0.2) is 0 Å². The van der Waals surface area contributed by atoms with Gasteiger partial charge in [0.1, 0.15) is 6.61 Å². The quantitative estimate of drug-likeness (QED) is 0.773. The summed E-state index contributed by atoms with van der Waals surface area (Å²) in [7, 11) is 0. The zero-order valence-corrected chi connectivity index (χ0v) is 10.8. The summed E-state index contributed by atoms with van der Waals surface area (Å²) in [6.45, 7) is 6.07. The smallest absolute Gasteiger partial charge is 0.248 e. The molecule has 1 amide bonds. The third-order valence-corrected chi connectivity index (χ3v) is 4.29. The Hall–Kier alpha value is -0.610. The Morgan fingerprint density at radius 2 is 1.71 bits per heavy atom. The Morgan fingerprint density at radius 3 is 2.24 bits per heavy atom. The molecule has 0 saturated carbocycles. The molecule has 1 N–H and O–H groups in total. The zero-order valence-electron chi connectivity index (χ0n) is 10.8. The summed E-state index contributed by atoms with van der Waals surface area (Å²) < 4.78 is 0. The topological polar surface area (TPSA) is 43.8 Å². The van der Waals surface area contributed by atoms with Crippen LogP contribution in [-0.2, 0) is 4.79 Å². The summed E-state index contributed by atoms with van der Waals surface area (Å²) in [6.07, 6.45) is 4.77. The lowest BCUT2D eigenvalue weighted by atomic mass is 9.95. The molecule has 17 heavy (non-hydrogen) atoms. The molecule has 0 aromatic heterocycles. The number of aliphatic hydroxyl groups is 1. The summed E-state index contributed by atoms with van der Waals surface area (Å²) in [5, 5.41) is 8.83. The first kappa shape index (κ1) is 12.8. The second kappa shape index (κ2) is 5.83. The first-order valence-electron chi connectivity index (χ1n) is 6.83. The summed E-state index contributed by atoms with van der Waals surface area (Å²) in [5.74, 6) is 0.762. The highest BCUT2D eigenvalue weighted by Crippen LogP contribution is 2.23. The number of carbonyl (C=O) groups is 1. The molecule has 98 valence electrons. The van der Waals surface area contributed by atoms with E-state index in [9.17, 15) is 4.79 Å². The number of amides is 1. The lowest BCUT2D eigenvalue weighted by molar-refractivity contribution is -0.135. The van der Waals surface area contributed by atoms with Crippen LogP contribution in [0.1, 0.15) is 32.6 Å². The van der Waals surface area contributed by atoms with Crippen LogP contribution in [0.5, 0.6) is 0 Å². The average Bonchev–Trinajstić information content (AvgIpc) is 2.39. The number of likely N-dealkylation sites (tertiary alicyclic amines) is 2. The normalized spacial score (nSPS) is 25.2. The number of rotatable bonds is 2. The molecule has 0 radical (unpaired) electrons. The second-order valence-corrected chi connectivity index (χ2v) is 5.49. The molecule has 2 saturated heterocycles. The Balaban J connectivity index is 1.77. The average molecular weight is 240 g/mol. The van der Waals surface area contributed by atoms with Gasteiger partial charge in [0.05, 0.1) is 0 Å². The lowest BCUT2D eigenvalue weighted by Gasteiger charge is -2.41. The Kier molecular flexibility index (Phi) is 4.40. The minimum absolute atomic E-state index is 0.115. The van der Waals surface area contributed by atoms with Crippen LogP contribution in [0.15, 0.2) is 0 Å². The third kappa shape index (κ3) is 3.19. The van der Waals surface area contributed by atoms with Crippen LogP contribution in [-0.4, -0.2) is 59.6 Å². The highest BCUT2D eigenvalue weighted by molar-refractivity contribution is 5.77. The van der Waals surface area contributed by atoms with Crippen LogP contribution < -0.4 is 0 Å². The molecule has 0 unspecified atom stereocenters. The maximum Gasteiger partial charge on any atom is 0.248 e. The summed E-state index contributed by atoms with van der Waals surface area (Å²) in [5.41, 5.74) is 0. The fourth-order valence-corrected chi connectivity index (χ4v) is 2.97. The first-order valence-corrected chi connectivity index (χ1v) is 6.83. The van der Waals surface area contributed by atoms with Gasteiger partial charge < -0.3 is 14.9 Å². The van der Waals surface area contributed by atoms with Crippen LogP contribution >= 0.6 is 0 Å². The molecule has 2 aliphatic rings. The van der Waals surface area contributed by atoms with Crippen molar-refractivity contribution >= 4 is 5.91 Å². The van der Waals surface area contributed by atoms with E-state index in [1.54, 1.807) is 4.90 Å². The molecular weight excluding hydrogens is 216 g/mol. The van der Waals surface area contributed by atoms with E-state index in [-0.39, 0.29) is 12.5 Å². The van der Waals surface area contributed by atoms with Gasteiger partial charge in [0.2, 0.25) is 5.91 Å². The molecule has 0 aliphatic carbocycles. The minimum Gasteiger partial charge on any atom is -0.387 e. The molecule has 2 rings (SSSR count). The summed E-state index contributed by atoms with van der Waals surface area (Å²) >= 11 is 0. The molecule has 0 aromatic rings. The fourth-order valence-electron chi connectivity index (χ4n) is 2.97. The van der Waals surface area contributed by atoms with E-state index >= 15 is 0 Å². The van der Waals surface area contributed by atoms with Crippen LogP contribution in [0.3, 0.4) is 0 Å². The van der Waals surface area contributed by atoms with Gasteiger partial charge in [-0.15, -0.1) is 0 Å². The van der Waals surface area contributed by atoms with Gasteiger partial charge in [-0.05, 0) is 44.7 Å². The van der Waals surface area contributed by atoms with E-state index in [0.717, 1.165) is 31.8 Å². The zero-order chi connectivity index (χ0) is 12.3. The number of nitrogens with zero attached hydrogens (tertiary/aromatic N) is 2. The van der Waals surface area contributed by atoms with E-state index in [4.69, 9.17) is 5.11 Å². The maximum atomic E-state index is 11.4. The van der Waals surface area contributed by atoms with Crippen molar-refractivity contribution in [3.05, 3.63) is 0 Å². The highest BCUT2D eigenvalue weighted by atomic mass is 16.3. The molecular formula is C13H24N2O2. The van der Waals surface area contributed by atoms with Crippen molar-refractivity contribution in [2.24, 2.45) is 5.92 Å². The fraction of sp³-hybridized carbons (Fsp3) is 0.923. The third-order valence-electron chi connectivity index (χ3n) is 4.29. The van der Waals surface area contributed by atoms with Gasteiger partial charge in [-0.25, -0.2) is 0 Å². The molecule has 0 atom stereocenters. The van der Waals surface area contributed by atoms with E-state index in [1.165, 1.54) is 25.9 Å². The highest BCUT2D eigenvalue weighted by Gasteiger charge is 2.28. The van der Waals surface area contributed by atoms with Crippen molar-refractivity contribution in [2.75, 3.05) is 32.8 Å². The predicted molar refractivity (Wildman–Crippen MR) is 66.7 cm³/mol. The van der Waals surface area contributed by atoms with Crippen molar-refractivity contribution in [1.82, 2.24) is 9.80 Å². The number of aliphatic hydroxyl groups excluding tert-OH is 1. The van der Waals surface area contributed by atoms with E-state index < -0.39 is 0 Å². The minimum atomic E-state index is -0.341. The monoisotopic (exact) mass is 240 g/mol. The largest absolute Gasteiger partial charge is 0.387 e. The molecule has 4 heteroatoms. The standard InChI is InChI=1S/C13H24N2O2/c1-11-2-6-14(7-3-11)12-4-8-15(9-5-12)13(17)10-16/h11-12,16H,2-10H2,1H3. The van der Waals surface area contributed by atoms with Crippen LogP contribution in [0.2, 0.25) is 0 Å². The van der Waals surface area contributed by atoms with Gasteiger partial charge in [0, 0.05) is 19.1 Å². The molecule has 4 nitrogen and oxygen atoms in total. The number of hydrogen-bond acceptors (Lipinski definition) is 3. The van der Waals surface area contributed by atoms with Crippen LogP contribution in [0, 0.1) is 5.92 Å². The molecule has 0 spiro atoms. The molecule has 2 aliphatic heterocycles. The summed E-state index contributed by atoms with van der Waals surface area (Å²) in [4.78, 5) is 15.7. The molecule has 2 fully saturated rings. The Morgan fingerprint density at radius 1 is 1.12 bits per heavy atom.